The van der Waals surface area contributed by atoms with Crippen molar-refractivity contribution in [3.63, 3.8) is 0 Å². The van der Waals surface area contributed by atoms with Crippen LogP contribution in [0.2, 0.25) is 0 Å². The van der Waals surface area contributed by atoms with E-state index in [1.807, 2.05) is 18.2 Å². The van der Waals surface area contributed by atoms with Gasteiger partial charge in [-0.3, -0.25) is 4.79 Å². The van der Waals surface area contributed by atoms with Crippen LogP contribution >= 0.6 is 0 Å². The number of benzene rings is 2. The molecule has 2 aromatic carbocycles. The lowest BCUT2D eigenvalue weighted by Crippen LogP contribution is -2.16. The number of nitrogen functional groups attached to an aromatic ring is 1. The van der Waals surface area contributed by atoms with Crippen molar-refractivity contribution in [1.82, 2.24) is 0 Å². The number of nitrogens with two attached hydrogens (primary N) is 1. The maximum Gasteiger partial charge on any atom is 0.228 e. The van der Waals surface area contributed by atoms with Crippen molar-refractivity contribution in [3.05, 3.63) is 42.0 Å². The van der Waals surface area contributed by atoms with Gasteiger partial charge in [0.1, 0.15) is 19.0 Å². The minimum atomic E-state index is -0.0362. The van der Waals surface area contributed by atoms with Gasteiger partial charge in [-0.2, -0.15) is 0 Å². The largest absolute Gasteiger partial charge is 0.495 e. The van der Waals surface area contributed by atoms with Crippen LogP contribution in [0, 0.1) is 5.92 Å². The van der Waals surface area contributed by atoms with Crippen LogP contribution in [0.25, 0.3) is 0 Å². The molecule has 1 aliphatic carbocycles. The van der Waals surface area contributed by atoms with Gasteiger partial charge in [-0.15, -0.1) is 0 Å². The fraction of sp³-hybridized carbons (Fsp3) is 0.316. The zero-order valence-electron chi connectivity index (χ0n) is 14.0. The summed E-state index contributed by atoms with van der Waals surface area (Å²) < 4.78 is 16.3. The summed E-state index contributed by atoms with van der Waals surface area (Å²) in [4.78, 5) is 12.5. The van der Waals surface area contributed by atoms with Gasteiger partial charge in [-0.25, -0.2) is 0 Å². The molecular weight excluding hydrogens is 320 g/mol. The number of ether oxygens (including phenoxy) is 3. The minimum Gasteiger partial charge on any atom is -0.495 e. The molecular formula is C19H20N2O4. The number of amides is 1. The quantitative estimate of drug-likeness (QED) is 0.836. The topological polar surface area (TPSA) is 82.8 Å². The molecule has 1 heterocycles. The number of anilines is 2. The number of methoxy groups -OCH3 is 1. The minimum absolute atomic E-state index is 0.00413. The second kappa shape index (κ2) is 6.20. The van der Waals surface area contributed by atoms with E-state index in [4.69, 9.17) is 19.9 Å². The summed E-state index contributed by atoms with van der Waals surface area (Å²) in [7, 11) is 1.56. The molecule has 3 N–H and O–H groups in total. The third-order valence-electron chi connectivity index (χ3n) is 4.62. The van der Waals surface area contributed by atoms with Gasteiger partial charge in [0, 0.05) is 11.6 Å². The lowest BCUT2D eigenvalue weighted by atomic mass is 10.1. The van der Waals surface area contributed by atoms with E-state index in [9.17, 15) is 4.79 Å². The number of hydrogen-bond acceptors (Lipinski definition) is 5. The summed E-state index contributed by atoms with van der Waals surface area (Å²) in [6, 6.07) is 11.2. The fourth-order valence-electron chi connectivity index (χ4n) is 3.19. The molecule has 0 bridgehead atoms. The Labute approximate surface area is 145 Å². The number of carbonyl (C=O) groups excluding carboxylic acids is 1. The van der Waals surface area contributed by atoms with E-state index >= 15 is 0 Å². The molecule has 130 valence electrons. The molecule has 2 aliphatic rings. The Morgan fingerprint density at radius 1 is 1.16 bits per heavy atom. The summed E-state index contributed by atoms with van der Waals surface area (Å²) in [6.45, 7) is 1.13. The van der Waals surface area contributed by atoms with Crippen molar-refractivity contribution in [2.24, 2.45) is 5.92 Å². The van der Waals surface area contributed by atoms with Crippen LogP contribution in [-0.2, 0) is 4.79 Å². The highest BCUT2D eigenvalue weighted by atomic mass is 16.6. The highest BCUT2D eigenvalue weighted by Gasteiger charge is 2.44. The monoisotopic (exact) mass is 340 g/mol. The van der Waals surface area contributed by atoms with Gasteiger partial charge in [0.2, 0.25) is 5.91 Å². The van der Waals surface area contributed by atoms with Gasteiger partial charge in [-0.1, -0.05) is 6.07 Å². The number of nitrogens with one attached hydrogen (secondary N) is 1. The molecule has 2 unspecified atom stereocenters. The SMILES string of the molecule is COc1ccc(NC(=O)C2CC2c2ccc3c(c2)OCCO3)cc1N. The molecule has 2 atom stereocenters. The highest BCUT2D eigenvalue weighted by Crippen LogP contribution is 2.49. The zero-order chi connectivity index (χ0) is 17.4. The molecule has 2 aromatic rings. The van der Waals surface area contributed by atoms with Crippen LogP contribution in [0.4, 0.5) is 11.4 Å². The van der Waals surface area contributed by atoms with E-state index in [1.165, 1.54) is 0 Å². The third-order valence-corrected chi connectivity index (χ3v) is 4.62. The van der Waals surface area contributed by atoms with Gasteiger partial charge in [0.25, 0.3) is 0 Å². The van der Waals surface area contributed by atoms with E-state index in [-0.39, 0.29) is 17.7 Å². The van der Waals surface area contributed by atoms with Crippen LogP contribution in [0.3, 0.4) is 0 Å². The summed E-state index contributed by atoms with van der Waals surface area (Å²) >= 11 is 0. The zero-order valence-corrected chi connectivity index (χ0v) is 14.0. The number of hydrogen-bond donors (Lipinski definition) is 2. The molecule has 0 spiro atoms. The van der Waals surface area contributed by atoms with Crippen LogP contribution in [-0.4, -0.2) is 26.2 Å². The molecule has 4 rings (SSSR count). The Balaban J connectivity index is 1.42. The van der Waals surface area contributed by atoms with Crippen LogP contribution in [0.5, 0.6) is 17.2 Å². The van der Waals surface area contributed by atoms with E-state index in [0.29, 0.717) is 30.3 Å². The second-order valence-electron chi connectivity index (χ2n) is 6.30. The Hall–Kier alpha value is -2.89. The first-order chi connectivity index (χ1) is 12.2. The number of fused-ring (bicyclic) bond motifs is 1. The summed E-state index contributed by atoms with van der Waals surface area (Å²) in [6.07, 6.45) is 0.830. The molecule has 6 nitrogen and oxygen atoms in total. The average molecular weight is 340 g/mol. The smallest absolute Gasteiger partial charge is 0.228 e. The fourth-order valence-corrected chi connectivity index (χ4v) is 3.19. The maximum absolute atomic E-state index is 12.5. The van der Waals surface area contributed by atoms with Crippen LogP contribution < -0.4 is 25.3 Å². The third kappa shape index (κ3) is 3.07. The Bertz CT molecular complexity index is 821. The molecule has 1 aliphatic heterocycles. The molecule has 25 heavy (non-hydrogen) atoms. The molecule has 1 saturated carbocycles. The van der Waals surface area contributed by atoms with Gasteiger partial charge >= 0.3 is 0 Å². The number of carbonyl (C=O) groups is 1. The van der Waals surface area contributed by atoms with Crippen LogP contribution in [0.1, 0.15) is 17.9 Å². The highest BCUT2D eigenvalue weighted by molar-refractivity contribution is 5.95. The lowest BCUT2D eigenvalue weighted by molar-refractivity contribution is -0.117. The number of rotatable bonds is 4. The second-order valence-corrected chi connectivity index (χ2v) is 6.30. The van der Waals surface area contributed by atoms with E-state index in [2.05, 4.69) is 5.32 Å². The van der Waals surface area contributed by atoms with Gasteiger partial charge < -0.3 is 25.3 Å². The van der Waals surface area contributed by atoms with Gasteiger partial charge in [0.15, 0.2) is 11.5 Å². The van der Waals surface area contributed by atoms with E-state index in [1.54, 1.807) is 25.3 Å². The lowest BCUT2D eigenvalue weighted by Gasteiger charge is -2.18. The standard InChI is InChI=1S/C19H20N2O4/c1-23-16-5-3-12(9-15(16)20)21-19(22)14-10-13(14)11-2-4-17-18(8-11)25-7-6-24-17/h2-5,8-9,13-14H,6-7,10,20H2,1H3,(H,21,22). The first-order valence-electron chi connectivity index (χ1n) is 8.29. The first kappa shape index (κ1) is 15.6. The van der Waals surface area contributed by atoms with Crippen molar-refractivity contribution in [3.8, 4) is 17.2 Å². The Kier molecular flexibility index (Phi) is 3.87. The maximum atomic E-state index is 12.5. The van der Waals surface area contributed by atoms with E-state index in [0.717, 1.165) is 23.5 Å². The van der Waals surface area contributed by atoms with Crippen molar-refractivity contribution in [2.45, 2.75) is 12.3 Å². The molecule has 1 fully saturated rings. The molecule has 0 aromatic heterocycles. The van der Waals surface area contributed by atoms with Gasteiger partial charge in [-0.05, 0) is 48.2 Å². The predicted octanol–water partition coefficient (Wildman–Crippen LogP) is 2.79. The first-order valence-corrected chi connectivity index (χ1v) is 8.29. The summed E-state index contributed by atoms with van der Waals surface area (Å²) in [5.41, 5.74) is 8.17. The molecule has 0 saturated heterocycles. The Morgan fingerprint density at radius 2 is 1.96 bits per heavy atom. The van der Waals surface area contributed by atoms with Crippen molar-refractivity contribution >= 4 is 17.3 Å². The van der Waals surface area contributed by atoms with Crippen LogP contribution in [0.15, 0.2) is 36.4 Å². The van der Waals surface area contributed by atoms with Crippen molar-refractivity contribution in [1.29, 1.82) is 0 Å². The van der Waals surface area contributed by atoms with Crippen molar-refractivity contribution in [2.75, 3.05) is 31.4 Å². The van der Waals surface area contributed by atoms with Gasteiger partial charge in [0.05, 0.1) is 12.8 Å². The molecule has 6 heteroatoms. The summed E-state index contributed by atoms with van der Waals surface area (Å²) in [5, 5.41) is 2.93. The molecule has 0 radical (unpaired) electrons. The predicted molar refractivity (Wildman–Crippen MR) is 94.3 cm³/mol. The van der Waals surface area contributed by atoms with Crippen molar-refractivity contribution < 1.29 is 19.0 Å². The Morgan fingerprint density at radius 3 is 2.72 bits per heavy atom. The normalized spacial score (nSPS) is 20.7. The summed E-state index contributed by atoms with van der Waals surface area (Å²) in [5.74, 6) is 2.31. The molecule has 1 amide bonds. The average Bonchev–Trinajstić information content (AvgIpc) is 3.42. The van der Waals surface area contributed by atoms with E-state index < -0.39 is 0 Å².